The normalized spacial score (nSPS) is 27.5. The molecule has 5 atom stereocenters. The Labute approximate surface area is 174 Å². The fourth-order valence-electron chi connectivity index (χ4n) is 3.55. The Morgan fingerprint density at radius 1 is 1.37 bits per heavy atom. The van der Waals surface area contributed by atoms with Gasteiger partial charge in [0.25, 0.3) is 0 Å². The highest BCUT2D eigenvalue weighted by atomic mass is 16.7. The van der Waals surface area contributed by atoms with E-state index in [9.17, 15) is 20.1 Å². The maximum absolute atomic E-state index is 12.5. The molecular weight excluding hydrogens is 392 g/mol. The number of hydrogen-bond donors (Lipinski definition) is 5. The standard InChI is InChI=1S/C21H29N2O7/c1-12(7-8-22-2)3-4-13-5-6-15-14(9-13)16(10-23-15)29-20(27)18-17(25)19(26)21(28,11-24)30-18/h5-6,9-10,12,17-19,22,24-26,28H,3-4,7-8,11H2,1-2H3/q-1/t12-,17+,18-,19-,21+/m1/s1. The van der Waals surface area contributed by atoms with Gasteiger partial charge in [-0.25, -0.2) is 4.79 Å². The van der Waals surface area contributed by atoms with E-state index in [1.165, 1.54) is 6.20 Å². The Morgan fingerprint density at radius 3 is 2.80 bits per heavy atom. The lowest BCUT2D eigenvalue weighted by molar-refractivity contribution is -0.246. The molecule has 0 aliphatic carbocycles. The van der Waals surface area contributed by atoms with Crippen molar-refractivity contribution >= 4 is 16.9 Å². The fourth-order valence-corrected chi connectivity index (χ4v) is 3.55. The zero-order valence-corrected chi connectivity index (χ0v) is 17.1. The topological polar surface area (TPSA) is 143 Å². The number of fused-ring (bicyclic) bond motifs is 1. The molecule has 2 aromatic rings. The van der Waals surface area contributed by atoms with E-state index in [1.54, 1.807) is 0 Å². The summed E-state index contributed by atoms with van der Waals surface area (Å²) in [5.74, 6) is -2.65. The summed E-state index contributed by atoms with van der Waals surface area (Å²) in [6.07, 6.45) is -0.828. The van der Waals surface area contributed by atoms with E-state index < -0.39 is 36.7 Å². The summed E-state index contributed by atoms with van der Waals surface area (Å²) in [5, 5.41) is 42.7. The van der Waals surface area contributed by atoms with E-state index in [0.29, 0.717) is 16.8 Å². The number of aromatic nitrogens is 1. The lowest BCUT2D eigenvalue weighted by atomic mass is 9.97. The maximum Gasteiger partial charge on any atom is 0.343 e. The van der Waals surface area contributed by atoms with Crippen LogP contribution in [0.1, 0.15) is 25.3 Å². The zero-order valence-electron chi connectivity index (χ0n) is 17.1. The molecule has 9 heteroatoms. The molecule has 30 heavy (non-hydrogen) atoms. The van der Waals surface area contributed by atoms with Gasteiger partial charge < -0.3 is 40.2 Å². The SMILES string of the molecule is CNCC[C@H](C)CCc1ccc2[n-]cc(OC(=O)[C@@H]3O[C@@](O)(CO)[C@H](O)[C@H]3O)c2c1. The van der Waals surface area contributed by atoms with Gasteiger partial charge in [-0.1, -0.05) is 19.1 Å². The molecule has 3 rings (SSSR count). The second-order valence-corrected chi connectivity index (χ2v) is 7.91. The number of aryl methyl sites for hydroxylation is 1. The monoisotopic (exact) mass is 421 g/mol. The molecule has 1 aromatic carbocycles. The highest BCUT2D eigenvalue weighted by Gasteiger charge is 2.56. The van der Waals surface area contributed by atoms with Gasteiger partial charge in [-0.15, -0.1) is 11.7 Å². The van der Waals surface area contributed by atoms with Gasteiger partial charge in [0, 0.05) is 5.39 Å². The van der Waals surface area contributed by atoms with Crippen molar-refractivity contribution in [3.05, 3.63) is 30.0 Å². The number of rotatable bonds is 9. The van der Waals surface area contributed by atoms with Crippen LogP contribution < -0.4 is 15.0 Å². The number of hydrogen-bond acceptors (Lipinski definition) is 8. The van der Waals surface area contributed by atoms with Crippen molar-refractivity contribution in [2.75, 3.05) is 20.2 Å². The van der Waals surface area contributed by atoms with Crippen LogP contribution >= 0.6 is 0 Å². The average molecular weight is 421 g/mol. The van der Waals surface area contributed by atoms with Crippen LogP contribution in [-0.4, -0.2) is 70.7 Å². The minimum atomic E-state index is -2.42. The van der Waals surface area contributed by atoms with Crippen LogP contribution in [0, 0.1) is 5.92 Å². The van der Waals surface area contributed by atoms with Crippen molar-refractivity contribution in [2.24, 2.45) is 5.92 Å². The van der Waals surface area contributed by atoms with Crippen LogP contribution in [0.3, 0.4) is 0 Å². The first kappa shape index (κ1) is 22.7. The van der Waals surface area contributed by atoms with Gasteiger partial charge in [0.2, 0.25) is 5.79 Å². The number of carbonyl (C=O) groups is 1. The first-order valence-corrected chi connectivity index (χ1v) is 10.1. The molecule has 5 N–H and O–H groups in total. The second-order valence-electron chi connectivity index (χ2n) is 7.91. The Bertz CT molecular complexity index is 870. The van der Waals surface area contributed by atoms with Gasteiger partial charge in [-0.3, -0.25) is 0 Å². The highest BCUT2D eigenvalue weighted by Crippen LogP contribution is 2.32. The van der Waals surface area contributed by atoms with E-state index >= 15 is 0 Å². The highest BCUT2D eigenvalue weighted by molar-refractivity contribution is 5.90. The van der Waals surface area contributed by atoms with Crippen molar-refractivity contribution in [3.8, 4) is 5.75 Å². The van der Waals surface area contributed by atoms with Gasteiger partial charge >= 0.3 is 5.97 Å². The number of nitrogens with zero attached hydrogens (tertiary/aromatic N) is 1. The molecule has 0 radical (unpaired) electrons. The molecule has 2 heterocycles. The van der Waals surface area contributed by atoms with Gasteiger partial charge in [0.05, 0.1) is 6.61 Å². The molecule has 1 fully saturated rings. The molecule has 1 saturated heterocycles. The quantitative estimate of drug-likeness (QED) is 0.344. The zero-order chi connectivity index (χ0) is 21.9. The number of aliphatic hydroxyl groups excluding tert-OH is 3. The van der Waals surface area contributed by atoms with Crippen LogP contribution in [0.2, 0.25) is 0 Å². The first-order valence-electron chi connectivity index (χ1n) is 10.1. The van der Waals surface area contributed by atoms with Crippen LogP contribution in [0.25, 0.3) is 10.9 Å². The summed E-state index contributed by atoms with van der Waals surface area (Å²) in [4.78, 5) is 16.7. The number of aliphatic hydroxyl groups is 4. The van der Waals surface area contributed by atoms with Crippen molar-refractivity contribution < 1.29 is 34.7 Å². The Hall–Kier alpha value is -2.01. The molecule has 9 nitrogen and oxygen atoms in total. The van der Waals surface area contributed by atoms with Gasteiger partial charge in [0.15, 0.2) is 6.10 Å². The number of benzene rings is 1. The molecule has 1 aliphatic heterocycles. The largest absolute Gasteiger partial charge is 0.661 e. The van der Waals surface area contributed by atoms with Crippen molar-refractivity contribution in [1.29, 1.82) is 0 Å². The van der Waals surface area contributed by atoms with E-state index in [-0.39, 0.29) is 5.75 Å². The summed E-state index contributed by atoms with van der Waals surface area (Å²) >= 11 is 0. The van der Waals surface area contributed by atoms with Crippen LogP contribution in [0.15, 0.2) is 24.4 Å². The van der Waals surface area contributed by atoms with Crippen molar-refractivity contribution in [2.45, 2.75) is 50.3 Å². The van der Waals surface area contributed by atoms with Crippen molar-refractivity contribution in [3.63, 3.8) is 0 Å². The number of nitrogens with one attached hydrogen (secondary N) is 1. The molecular formula is C21H29N2O7-. The minimum absolute atomic E-state index is 0.199. The smallest absolute Gasteiger partial charge is 0.343 e. The molecule has 0 saturated carbocycles. The molecule has 0 unspecified atom stereocenters. The number of ether oxygens (including phenoxy) is 2. The summed E-state index contributed by atoms with van der Waals surface area (Å²) in [7, 11) is 1.94. The first-order chi connectivity index (χ1) is 14.3. The Kier molecular flexibility index (Phi) is 7.12. The van der Waals surface area contributed by atoms with Gasteiger partial charge in [-0.2, -0.15) is 0 Å². The van der Waals surface area contributed by atoms with Crippen LogP contribution in [0.4, 0.5) is 0 Å². The third-order valence-corrected chi connectivity index (χ3v) is 5.56. The molecule has 0 spiro atoms. The molecule has 166 valence electrons. The summed E-state index contributed by atoms with van der Waals surface area (Å²) in [6, 6.07) is 5.77. The second kappa shape index (κ2) is 9.42. The van der Waals surface area contributed by atoms with Crippen LogP contribution in [0.5, 0.6) is 5.75 Å². The minimum Gasteiger partial charge on any atom is -0.661 e. The molecule has 1 aliphatic rings. The lowest BCUT2D eigenvalue weighted by Gasteiger charge is -2.22. The number of carbonyl (C=O) groups excluding carboxylic acids is 1. The third kappa shape index (κ3) is 4.66. The summed E-state index contributed by atoms with van der Waals surface area (Å²) in [5.41, 5.74) is 1.75. The Morgan fingerprint density at radius 2 is 2.13 bits per heavy atom. The molecule has 0 bridgehead atoms. The summed E-state index contributed by atoms with van der Waals surface area (Å²) in [6.45, 7) is 2.20. The van der Waals surface area contributed by atoms with Gasteiger partial charge in [0.1, 0.15) is 18.0 Å². The van der Waals surface area contributed by atoms with E-state index in [4.69, 9.17) is 14.6 Å². The third-order valence-electron chi connectivity index (χ3n) is 5.56. The predicted molar refractivity (Wildman–Crippen MR) is 108 cm³/mol. The summed E-state index contributed by atoms with van der Waals surface area (Å²) < 4.78 is 10.3. The van der Waals surface area contributed by atoms with Crippen molar-refractivity contribution in [1.82, 2.24) is 10.3 Å². The molecule has 0 amide bonds. The fraction of sp³-hybridized carbons (Fsp3) is 0.571. The van der Waals surface area contributed by atoms with E-state index in [1.807, 2.05) is 25.2 Å². The Balaban J connectivity index is 1.70. The van der Waals surface area contributed by atoms with E-state index in [0.717, 1.165) is 31.4 Å². The average Bonchev–Trinajstić information content (AvgIpc) is 3.24. The maximum atomic E-state index is 12.5. The lowest BCUT2D eigenvalue weighted by Crippen LogP contribution is -2.46. The van der Waals surface area contributed by atoms with Gasteiger partial charge in [-0.05, 0) is 50.4 Å². The van der Waals surface area contributed by atoms with E-state index in [2.05, 4.69) is 17.2 Å². The predicted octanol–water partition coefficient (Wildman–Crippen LogP) is -0.318. The van der Waals surface area contributed by atoms with Crippen LogP contribution in [-0.2, 0) is 16.0 Å². The molecule has 1 aromatic heterocycles. The number of esters is 1.